The number of hydrogen-bond donors (Lipinski definition) is 1. The molecule has 2 aromatic rings. The molecular weight excluding hydrogens is 216 g/mol. The van der Waals surface area contributed by atoms with Crippen molar-refractivity contribution in [2.45, 2.75) is 32.3 Å². The van der Waals surface area contributed by atoms with Crippen LogP contribution in [0.15, 0.2) is 30.3 Å². The van der Waals surface area contributed by atoms with Crippen LogP contribution in [-0.2, 0) is 0 Å². The molecule has 2 unspecified atom stereocenters. The maximum Gasteiger partial charge on any atom is 0.162 e. The fraction of sp³-hybridized carbons (Fsp3) is 0.417. The lowest BCUT2D eigenvalue weighted by atomic mass is 10.00. The molecule has 1 heterocycles. The summed E-state index contributed by atoms with van der Waals surface area (Å²) in [7, 11) is 0. The van der Waals surface area contributed by atoms with Gasteiger partial charge in [-0.3, -0.25) is 0 Å². The van der Waals surface area contributed by atoms with Crippen LogP contribution in [0.5, 0.6) is 0 Å². The van der Waals surface area contributed by atoms with Crippen LogP contribution in [0.1, 0.15) is 32.0 Å². The van der Waals surface area contributed by atoms with Gasteiger partial charge in [-0.25, -0.2) is 0 Å². The molecule has 5 heteroatoms. The molecule has 2 rings (SSSR count). The monoisotopic (exact) mass is 232 g/mol. The Morgan fingerprint density at radius 1 is 1.29 bits per heavy atom. The van der Waals surface area contributed by atoms with E-state index in [0.29, 0.717) is 5.82 Å². The molecule has 0 saturated carbocycles. The maximum atomic E-state index is 9.75. The van der Waals surface area contributed by atoms with E-state index in [1.165, 1.54) is 0 Å². The summed E-state index contributed by atoms with van der Waals surface area (Å²) in [6.45, 7) is 3.78. The summed E-state index contributed by atoms with van der Waals surface area (Å²) in [6, 6.07) is 9.69. The van der Waals surface area contributed by atoms with Gasteiger partial charge in [-0.05, 0) is 35.9 Å². The molecule has 0 amide bonds. The number of aromatic nitrogens is 4. The Bertz CT molecular complexity index is 466. The molecule has 0 aliphatic carbocycles. The highest BCUT2D eigenvalue weighted by molar-refractivity contribution is 5.31. The second kappa shape index (κ2) is 5.05. The average Bonchev–Trinajstić information content (AvgIpc) is 2.80. The summed E-state index contributed by atoms with van der Waals surface area (Å²) in [5.74, 6) is 0.652. The van der Waals surface area contributed by atoms with Crippen LogP contribution in [0.3, 0.4) is 0 Å². The largest absolute Gasteiger partial charge is 0.393 e. The minimum absolute atomic E-state index is 0.0507. The Kier molecular flexibility index (Phi) is 3.49. The molecule has 1 aromatic carbocycles. The van der Waals surface area contributed by atoms with E-state index in [2.05, 4.69) is 15.5 Å². The van der Waals surface area contributed by atoms with Gasteiger partial charge in [0.25, 0.3) is 0 Å². The first-order valence-corrected chi connectivity index (χ1v) is 5.75. The van der Waals surface area contributed by atoms with Gasteiger partial charge in [-0.1, -0.05) is 25.1 Å². The number of aliphatic hydroxyl groups excluding tert-OH is 1. The molecule has 0 radical (unpaired) electrons. The third kappa shape index (κ3) is 2.34. The second-order valence-corrected chi connectivity index (χ2v) is 4.04. The molecular formula is C12H16N4O. The highest BCUT2D eigenvalue weighted by Crippen LogP contribution is 2.22. The summed E-state index contributed by atoms with van der Waals surface area (Å²) >= 11 is 0. The minimum Gasteiger partial charge on any atom is -0.393 e. The number of benzene rings is 1. The van der Waals surface area contributed by atoms with Crippen molar-refractivity contribution in [3.8, 4) is 5.69 Å². The van der Waals surface area contributed by atoms with Crippen molar-refractivity contribution in [3.63, 3.8) is 0 Å². The van der Waals surface area contributed by atoms with Gasteiger partial charge in [0, 0.05) is 5.92 Å². The summed E-state index contributed by atoms with van der Waals surface area (Å²) in [5.41, 5.74) is 0.909. The molecule has 0 fully saturated rings. The molecule has 5 nitrogen and oxygen atoms in total. The molecule has 0 aliphatic rings. The minimum atomic E-state index is -0.464. The zero-order valence-corrected chi connectivity index (χ0v) is 9.98. The van der Waals surface area contributed by atoms with Gasteiger partial charge in [0.05, 0.1) is 11.8 Å². The Morgan fingerprint density at radius 2 is 2.00 bits per heavy atom. The molecule has 0 spiro atoms. The first kappa shape index (κ1) is 11.7. The number of para-hydroxylation sites is 1. The van der Waals surface area contributed by atoms with Gasteiger partial charge in [0.2, 0.25) is 0 Å². The van der Waals surface area contributed by atoms with Crippen molar-refractivity contribution >= 4 is 0 Å². The zero-order valence-electron chi connectivity index (χ0n) is 9.98. The number of nitrogens with zero attached hydrogens (tertiary/aromatic N) is 4. The summed E-state index contributed by atoms with van der Waals surface area (Å²) < 4.78 is 1.68. The summed E-state index contributed by atoms with van der Waals surface area (Å²) in [5, 5.41) is 21.5. The Morgan fingerprint density at radius 3 is 2.59 bits per heavy atom. The Hall–Kier alpha value is -1.75. The predicted molar refractivity (Wildman–Crippen MR) is 63.9 cm³/mol. The number of hydrogen-bond acceptors (Lipinski definition) is 4. The van der Waals surface area contributed by atoms with Crippen molar-refractivity contribution in [1.29, 1.82) is 0 Å². The van der Waals surface area contributed by atoms with Crippen LogP contribution in [0.2, 0.25) is 0 Å². The van der Waals surface area contributed by atoms with Gasteiger partial charge in [0.15, 0.2) is 5.82 Å². The third-order valence-corrected chi connectivity index (χ3v) is 2.85. The lowest BCUT2D eigenvalue weighted by molar-refractivity contribution is 0.155. The summed E-state index contributed by atoms with van der Waals surface area (Å²) in [4.78, 5) is 0. The van der Waals surface area contributed by atoms with Crippen molar-refractivity contribution in [2.24, 2.45) is 0 Å². The molecule has 1 N–H and O–H groups in total. The molecule has 2 atom stereocenters. The summed E-state index contributed by atoms with van der Waals surface area (Å²) in [6.07, 6.45) is 0.332. The van der Waals surface area contributed by atoms with Crippen molar-refractivity contribution in [3.05, 3.63) is 36.2 Å². The van der Waals surface area contributed by atoms with Gasteiger partial charge in [-0.15, -0.1) is 5.10 Å². The molecule has 90 valence electrons. The highest BCUT2D eigenvalue weighted by atomic mass is 16.3. The van der Waals surface area contributed by atoms with Gasteiger partial charge in [0.1, 0.15) is 0 Å². The van der Waals surface area contributed by atoms with Crippen molar-refractivity contribution in [1.82, 2.24) is 20.2 Å². The molecule has 1 aromatic heterocycles. The van der Waals surface area contributed by atoms with E-state index in [-0.39, 0.29) is 5.92 Å². The molecule has 17 heavy (non-hydrogen) atoms. The van der Waals surface area contributed by atoms with Crippen LogP contribution < -0.4 is 0 Å². The lowest BCUT2D eigenvalue weighted by Crippen LogP contribution is -2.18. The SMILES string of the molecule is CCC(c1nnnn1-c1ccccc1)C(C)O. The highest BCUT2D eigenvalue weighted by Gasteiger charge is 2.22. The van der Waals surface area contributed by atoms with Crippen LogP contribution in [0, 0.1) is 0 Å². The fourth-order valence-electron chi connectivity index (χ4n) is 1.92. The predicted octanol–water partition coefficient (Wildman–Crippen LogP) is 1.54. The molecule has 0 bridgehead atoms. The van der Waals surface area contributed by atoms with E-state index >= 15 is 0 Å². The Labute approximate surface area is 100 Å². The van der Waals surface area contributed by atoms with Crippen LogP contribution in [-0.4, -0.2) is 31.4 Å². The standard InChI is InChI=1S/C12H16N4O/c1-3-11(9(2)17)12-13-14-15-16(12)10-7-5-4-6-8-10/h4-9,11,17H,3H2,1-2H3. The smallest absolute Gasteiger partial charge is 0.162 e. The van der Waals surface area contributed by atoms with E-state index in [9.17, 15) is 5.11 Å². The average molecular weight is 232 g/mol. The number of aliphatic hydroxyl groups is 1. The molecule has 0 saturated heterocycles. The fourth-order valence-corrected chi connectivity index (χ4v) is 1.92. The zero-order chi connectivity index (χ0) is 12.3. The van der Waals surface area contributed by atoms with Gasteiger partial charge in [-0.2, -0.15) is 4.68 Å². The van der Waals surface area contributed by atoms with Crippen molar-refractivity contribution in [2.75, 3.05) is 0 Å². The maximum absolute atomic E-state index is 9.75. The first-order chi connectivity index (χ1) is 8.24. The second-order valence-electron chi connectivity index (χ2n) is 4.04. The van der Waals surface area contributed by atoms with Gasteiger partial charge >= 0.3 is 0 Å². The Balaban J connectivity index is 2.41. The van der Waals surface area contributed by atoms with E-state index in [1.54, 1.807) is 11.6 Å². The van der Waals surface area contributed by atoms with Crippen LogP contribution >= 0.6 is 0 Å². The first-order valence-electron chi connectivity index (χ1n) is 5.75. The van der Waals surface area contributed by atoms with E-state index in [0.717, 1.165) is 12.1 Å². The number of tetrazole rings is 1. The van der Waals surface area contributed by atoms with E-state index < -0.39 is 6.10 Å². The molecule has 0 aliphatic heterocycles. The normalized spacial score (nSPS) is 14.5. The topological polar surface area (TPSA) is 63.8 Å². The van der Waals surface area contributed by atoms with Crippen LogP contribution in [0.25, 0.3) is 5.69 Å². The van der Waals surface area contributed by atoms with Crippen LogP contribution in [0.4, 0.5) is 0 Å². The third-order valence-electron chi connectivity index (χ3n) is 2.85. The van der Waals surface area contributed by atoms with E-state index in [1.807, 2.05) is 37.3 Å². The van der Waals surface area contributed by atoms with Crippen molar-refractivity contribution < 1.29 is 5.11 Å². The lowest BCUT2D eigenvalue weighted by Gasteiger charge is -2.16. The van der Waals surface area contributed by atoms with E-state index in [4.69, 9.17) is 0 Å². The number of rotatable bonds is 4. The quantitative estimate of drug-likeness (QED) is 0.868. The van der Waals surface area contributed by atoms with Gasteiger partial charge < -0.3 is 5.11 Å².